The van der Waals surface area contributed by atoms with Crippen LogP contribution in [0.15, 0.2) is 18.7 Å². The molecule has 0 unspecified atom stereocenters. The predicted octanol–water partition coefficient (Wildman–Crippen LogP) is -0.269. The molecular weight excluding hydrogens is 144 g/mol. The second-order valence-electron chi connectivity index (χ2n) is 2.01. The third kappa shape index (κ3) is 1.96. The van der Waals surface area contributed by atoms with Crippen LogP contribution in [0.4, 0.5) is 0 Å². The van der Waals surface area contributed by atoms with Crippen LogP contribution in [-0.4, -0.2) is 20.8 Å². The van der Waals surface area contributed by atoms with Crippen molar-refractivity contribution >= 4 is 9.92 Å². The second-order valence-corrected chi connectivity index (χ2v) is 3.00. The summed E-state index contributed by atoms with van der Waals surface area (Å²) < 4.78 is 9.22. The highest BCUT2D eigenvalue weighted by molar-refractivity contribution is 6.24. The Hall–Kier alpha value is -0.613. The summed E-state index contributed by atoms with van der Waals surface area (Å²) in [5.74, 6) is 0. The Morgan fingerprint density at radius 2 is 2.50 bits per heavy atom. The number of imidazole rings is 1. The van der Waals surface area contributed by atoms with Gasteiger partial charge >= 0.3 is 9.92 Å². The van der Waals surface area contributed by atoms with Crippen LogP contribution in [0.2, 0.25) is 0 Å². The van der Waals surface area contributed by atoms with Gasteiger partial charge in [-0.05, 0) is 6.92 Å². The summed E-state index contributed by atoms with van der Waals surface area (Å²) in [6.07, 6.45) is 5.98. The molecule has 1 rings (SSSR count). The van der Waals surface area contributed by atoms with Gasteiger partial charge in [-0.15, -0.1) is 0 Å². The van der Waals surface area contributed by atoms with E-state index in [1.807, 2.05) is 41.5 Å². The van der Waals surface area contributed by atoms with Gasteiger partial charge in [0, 0.05) is 6.61 Å². The Morgan fingerprint density at radius 1 is 1.70 bits per heavy atom. The van der Waals surface area contributed by atoms with Crippen LogP contribution < -0.4 is 4.57 Å². The van der Waals surface area contributed by atoms with Crippen molar-refractivity contribution in [1.29, 1.82) is 0 Å². The summed E-state index contributed by atoms with van der Waals surface area (Å²) in [5, 5.41) is 0. The maximum atomic E-state index is 5.21. The van der Waals surface area contributed by atoms with Gasteiger partial charge in [0.25, 0.3) is 0 Å². The van der Waals surface area contributed by atoms with Gasteiger partial charge in [0.15, 0.2) is 0 Å². The standard InChI is InChI=1S/C6H11N2OSi/c1-3-9-10-8-5-4-7(2)6-8/h4-6H,3H2,1-2H3/q+1. The van der Waals surface area contributed by atoms with E-state index in [2.05, 4.69) is 0 Å². The first-order valence-corrected chi connectivity index (χ1v) is 4.09. The normalized spacial score (nSPS) is 10.2. The second kappa shape index (κ2) is 3.53. The molecule has 54 valence electrons. The molecule has 3 nitrogen and oxygen atoms in total. The minimum atomic E-state index is 0.421. The molecule has 0 aliphatic rings. The van der Waals surface area contributed by atoms with Gasteiger partial charge in [0.1, 0.15) is 12.4 Å². The zero-order valence-electron chi connectivity index (χ0n) is 6.24. The van der Waals surface area contributed by atoms with E-state index in [9.17, 15) is 0 Å². The fourth-order valence-electron chi connectivity index (χ4n) is 0.643. The zero-order valence-corrected chi connectivity index (χ0v) is 7.24. The smallest absolute Gasteiger partial charge is 0.378 e. The molecular formula is C6H11N2OSi+. The van der Waals surface area contributed by atoms with Crippen LogP contribution in [0.5, 0.6) is 0 Å². The molecule has 0 N–H and O–H groups in total. The monoisotopic (exact) mass is 155 g/mol. The quantitative estimate of drug-likeness (QED) is 0.434. The molecule has 10 heavy (non-hydrogen) atoms. The molecule has 0 saturated carbocycles. The Morgan fingerprint density at radius 3 is 3.00 bits per heavy atom. The van der Waals surface area contributed by atoms with Crippen molar-refractivity contribution in [1.82, 2.24) is 4.23 Å². The van der Waals surface area contributed by atoms with Gasteiger partial charge in [-0.1, -0.05) is 0 Å². The highest BCUT2D eigenvalue weighted by Crippen LogP contribution is 1.78. The number of nitrogens with zero attached hydrogens (tertiary/aromatic N) is 2. The van der Waals surface area contributed by atoms with Gasteiger partial charge in [0.2, 0.25) is 6.33 Å². The maximum Gasteiger partial charge on any atom is 0.546 e. The Balaban J connectivity index is 2.42. The average molecular weight is 155 g/mol. The summed E-state index contributed by atoms with van der Waals surface area (Å²) in [5.41, 5.74) is 0. The van der Waals surface area contributed by atoms with Crippen LogP contribution in [0.1, 0.15) is 6.92 Å². The van der Waals surface area contributed by atoms with E-state index in [0.29, 0.717) is 9.92 Å². The minimum Gasteiger partial charge on any atom is -0.378 e. The van der Waals surface area contributed by atoms with Crippen molar-refractivity contribution in [3.63, 3.8) is 0 Å². The molecule has 0 atom stereocenters. The lowest BCUT2D eigenvalue weighted by molar-refractivity contribution is -0.670. The molecule has 2 radical (unpaired) electrons. The van der Waals surface area contributed by atoms with Gasteiger partial charge in [-0.2, -0.15) is 0 Å². The van der Waals surface area contributed by atoms with Crippen molar-refractivity contribution in [2.45, 2.75) is 6.92 Å². The maximum absolute atomic E-state index is 5.21. The summed E-state index contributed by atoms with van der Waals surface area (Å²) in [4.78, 5) is 0. The lowest BCUT2D eigenvalue weighted by atomic mass is 10.9. The molecule has 0 saturated heterocycles. The number of rotatable bonds is 3. The molecule has 1 aromatic rings. The molecule has 1 aromatic heterocycles. The van der Waals surface area contributed by atoms with Crippen molar-refractivity contribution in [3.05, 3.63) is 18.7 Å². The Labute approximate surface area is 63.3 Å². The van der Waals surface area contributed by atoms with Crippen molar-refractivity contribution in [2.24, 2.45) is 7.05 Å². The van der Waals surface area contributed by atoms with Gasteiger partial charge in [0.05, 0.1) is 7.05 Å². The molecule has 0 aliphatic heterocycles. The van der Waals surface area contributed by atoms with E-state index in [4.69, 9.17) is 4.43 Å². The summed E-state index contributed by atoms with van der Waals surface area (Å²) in [7, 11) is 2.41. The van der Waals surface area contributed by atoms with Crippen LogP contribution in [0, 0.1) is 0 Å². The fourth-order valence-corrected chi connectivity index (χ4v) is 1.28. The number of aromatic nitrogens is 2. The van der Waals surface area contributed by atoms with Gasteiger partial charge in [-0.3, -0.25) is 4.23 Å². The molecule has 0 aliphatic carbocycles. The van der Waals surface area contributed by atoms with Gasteiger partial charge in [-0.25, -0.2) is 4.57 Å². The van der Waals surface area contributed by atoms with Crippen molar-refractivity contribution < 1.29 is 8.99 Å². The summed E-state index contributed by atoms with van der Waals surface area (Å²) in [6, 6.07) is 0. The van der Waals surface area contributed by atoms with Crippen LogP contribution in [-0.2, 0) is 11.5 Å². The van der Waals surface area contributed by atoms with Crippen LogP contribution >= 0.6 is 0 Å². The van der Waals surface area contributed by atoms with E-state index in [0.717, 1.165) is 6.61 Å². The fraction of sp³-hybridized carbons (Fsp3) is 0.500. The Kier molecular flexibility index (Phi) is 2.64. The Bertz CT molecular complexity index is 199. The molecule has 0 spiro atoms. The molecule has 0 amide bonds. The molecule has 0 bridgehead atoms. The third-order valence-corrected chi connectivity index (χ3v) is 1.98. The van der Waals surface area contributed by atoms with E-state index in [1.165, 1.54) is 0 Å². The third-order valence-electron chi connectivity index (χ3n) is 1.08. The number of aryl methyl sites for hydroxylation is 1. The minimum absolute atomic E-state index is 0.421. The average Bonchev–Trinajstić information content (AvgIpc) is 2.31. The lowest BCUT2D eigenvalue weighted by Gasteiger charge is -1.89. The van der Waals surface area contributed by atoms with E-state index >= 15 is 0 Å². The van der Waals surface area contributed by atoms with Crippen LogP contribution in [0.25, 0.3) is 0 Å². The SMILES string of the molecule is CCO[Si]n1cc[n+](C)c1. The highest BCUT2D eigenvalue weighted by Gasteiger charge is 2.02. The topological polar surface area (TPSA) is 18.0 Å². The molecule has 0 fully saturated rings. The molecule has 1 heterocycles. The first-order chi connectivity index (χ1) is 4.83. The number of hydrogen-bond acceptors (Lipinski definition) is 1. The lowest BCUT2D eigenvalue weighted by Crippen LogP contribution is -2.24. The molecule has 4 heteroatoms. The summed E-state index contributed by atoms with van der Waals surface area (Å²) in [6.45, 7) is 2.77. The zero-order chi connectivity index (χ0) is 7.40. The van der Waals surface area contributed by atoms with E-state index < -0.39 is 0 Å². The molecule has 0 aromatic carbocycles. The number of hydrogen-bond donors (Lipinski definition) is 0. The predicted molar refractivity (Wildman–Crippen MR) is 38.4 cm³/mol. The van der Waals surface area contributed by atoms with Crippen LogP contribution in [0.3, 0.4) is 0 Å². The largest absolute Gasteiger partial charge is 0.546 e. The van der Waals surface area contributed by atoms with Gasteiger partial charge < -0.3 is 4.43 Å². The highest BCUT2D eigenvalue weighted by atomic mass is 28.2. The van der Waals surface area contributed by atoms with E-state index in [1.54, 1.807) is 0 Å². The van der Waals surface area contributed by atoms with Crippen molar-refractivity contribution in [2.75, 3.05) is 6.61 Å². The van der Waals surface area contributed by atoms with Crippen molar-refractivity contribution in [3.8, 4) is 0 Å². The first kappa shape index (κ1) is 7.49. The summed E-state index contributed by atoms with van der Waals surface area (Å²) >= 11 is 0. The first-order valence-electron chi connectivity index (χ1n) is 3.24. The van der Waals surface area contributed by atoms with E-state index in [-0.39, 0.29) is 0 Å².